The van der Waals surface area contributed by atoms with Gasteiger partial charge in [0.2, 0.25) is 0 Å². The molecule has 1 aliphatic heterocycles. The van der Waals surface area contributed by atoms with Gasteiger partial charge >= 0.3 is 12.0 Å². The summed E-state index contributed by atoms with van der Waals surface area (Å²) in [5.74, 6) is -1.30. The smallest absolute Gasteiger partial charge is 0.317 e. The van der Waals surface area contributed by atoms with E-state index in [1.807, 2.05) is 24.3 Å². The van der Waals surface area contributed by atoms with E-state index in [1.165, 1.54) is 0 Å². The van der Waals surface area contributed by atoms with Gasteiger partial charge in [-0.25, -0.2) is 4.79 Å². The molecule has 2 amide bonds. The molecule has 1 saturated heterocycles. The Morgan fingerprint density at radius 3 is 2.46 bits per heavy atom. The number of carbonyl (C=O) groups excluding carboxylic acids is 1. The molecule has 2 rings (SSSR count). The lowest BCUT2D eigenvalue weighted by atomic mass is 9.85. The fourth-order valence-electron chi connectivity index (χ4n) is 2.95. The molecule has 2 unspecified atom stereocenters. The van der Waals surface area contributed by atoms with Gasteiger partial charge in [0.1, 0.15) is 0 Å². The molecular weight excluding hydrogens is 328 g/mol. The summed E-state index contributed by atoms with van der Waals surface area (Å²) in [5, 5.41) is 12.8. The van der Waals surface area contributed by atoms with Crippen LogP contribution >= 0.6 is 11.6 Å². The highest BCUT2D eigenvalue weighted by Gasteiger charge is 2.32. The summed E-state index contributed by atoms with van der Waals surface area (Å²) >= 11 is 5.95. The Bertz CT molecular complexity index is 595. The second-order valence-electron chi connectivity index (χ2n) is 7.59. The Morgan fingerprint density at radius 1 is 1.33 bits per heavy atom. The number of carboxylic acids is 1. The van der Waals surface area contributed by atoms with Crippen molar-refractivity contribution in [2.75, 3.05) is 13.1 Å². The molecule has 0 radical (unpaired) electrons. The maximum absolute atomic E-state index is 12.5. The van der Waals surface area contributed by atoms with Gasteiger partial charge < -0.3 is 15.3 Å². The van der Waals surface area contributed by atoms with Crippen LogP contribution in [0.3, 0.4) is 0 Å². The molecule has 0 aliphatic carbocycles. The number of likely N-dealkylation sites (tertiary alicyclic amines) is 1. The molecule has 1 aromatic carbocycles. The van der Waals surface area contributed by atoms with Gasteiger partial charge in [0, 0.05) is 18.1 Å². The van der Waals surface area contributed by atoms with E-state index in [1.54, 1.807) is 4.90 Å². The van der Waals surface area contributed by atoms with Crippen molar-refractivity contribution >= 4 is 23.6 Å². The molecule has 1 aromatic rings. The monoisotopic (exact) mass is 352 g/mol. The molecule has 24 heavy (non-hydrogen) atoms. The predicted octanol–water partition coefficient (Wildman–Crippen LogP) is 3.93. The minimum absolute atomic E-state index is 0.0339. The van der Waals surface area contributed by atoms with Crippen molar-refractivity contribution < 1.29 is 14.7 Å². The van der Waals surface area contributed by atoms with Crippen LogP contribution in [-0.2, 0) is 4.79 Å². The van der Waals surface area contributed by atoms with Crippen molar-refractivity contribution in [2.24, 2.45) is 11.3 Å². The zero-order valence-corrected chi connectivity index (χ0v) is 15.1. The van der Waals surface area contributed by atoms with E-state index in [-0.39, 0.29) is 24.0 Å². The molecule has 0 bridgehead atoms. The number of carbonyl (C=O) groups is 2. The maximum Gasteiger partial charge on any atom is 0.317 e. The van der Waals surface area contributed by atoms with Crippen molar-refractivity contribution in [3.63, 3.8) is 0 Å². The molecule has 0 saturated carbocycles. The van der Waals surface area contributed by atoms with Crippen LogP contribution in [0.15, 0.2) is 24.3 Å². The van der Waals surface area contributed by atoms with Crippen LogP contribution in [0.25, 0.3) is 0 Å². The summed E-state index contributed by atoms with van der Waals surface area (Å²) in [4.78, 5) is 25.2. The second-order valence-corrected chi connectivity index (χ2v) is 8.02. The standard InChI is InChI=1S/C18H25ClN2O3/c1-18(2,3)10-15(12-4-6-14(19)7-5-12)20-17(24)21-9-8-13(11-21)16(22)23/h4-7,13,15H,8-11H2,1-3H3,(H,20,24)(H,22,23). The Morgan fingerprint density at radius 2 is 1.96 bits per heavy atom. The van der Waals surface area contributed by atoms with Crippen LogP contribution < -0.4 is 5.32 Å². The lowest BCUT2D eigenvalue weighted by molar-refractivity contribution is -0.141. The van der Waals surface area contributed by atoms with Crippen LogP contribution in [0.1, 0.15) is 45.2 Å². The van der Waals surface area contributed by atoms with Crippen LogP contribution in [-0.4, -0.2) is 35.1 Å². The van der Waals surface area contributed by atoms with Gasteiger partial charge in [-0.3, -0.25) is 4.79 Å². The first-order chi connectivity index (χ1) is 11.2. The van der Waals surface area contributed by atoms with Crippen molar-refractivity contribution in [2.45, 2.75) is 39.7 Å². The predicted molar refractivity (Wildman–Crippen MR) is 94.1 cm³/mol. The molecule has 1 aliphatic rings. The summed E-state index contributed by atoms with van der Waals surface area (Å²) in [5.41, 5.74) is 1.03. The molecule has 132 valence electrons. The number of aliphatic carboxylic acids is 1. The molecule has 0 spiro atoms. The number of hydrogen-bond acceptors (Lipinski definition) is 2. The van der Waals surface area contributed by atoms with Gasteiger partial charge in [-0.05, 0) is 36.0 Å². The molecule has 5 nitrogen and oxygen atoms in total. The fourth-order valence-corrected chi connectivity index (χ4v) is 3.07. The summed E-state index contributed by atoms with van der Waals surface area (Å²) in [6.07, 6.45) is 1.28. The van der Waals surface area contributed by atoms with E-state index < -0.39 is 11.9 Å². The third-order valence-corrected chi connectivity index (χ3v) is 4.46. The Balaban J connectivity index is 2.09. The molecule has 6 heteroatoms. The topological polar surface area (TPSA) is 69.6 Å². The van der Waals surface area contributed by atoms with Gasteiger partial charge in [-0.2, -0.15) is 0 Å². The van der Waals surface area contributed by atoms with Crippen LogP contribution in [0.5, 0.6) is 0 Å². The van der Waals surface area contributed by atoms with Crippen molar-refractivity contribution in [1.29, 1.82) is 0 Å². The highest BCUT2D eigenvalue weighted by molar-refractivity contribution is 6.30. The minimum atomic E-state index is -0.839. The van der Waals surface area contributed by atoms with E-state index in [0.29, 0.717) is 18.0 Å². The van der Waals surface area contributed by atoms with Crippen LogP contribution in [0, 0.1) is 11.3 Å². The van der Waals surface area contributed by atoms with Gasteiger partial charge in [0.25, 0.3) is 0 Å². The molecular formula is C18H25ClN2O3. The molecule has 2 N–H and O–H groups in total. The summed E-state index contributed by atoms with van der Waals surface area (Å²) in [6, 6.07) is 7.12. The number of hydrogen-bond donors (Lipinski definition) is 2. The van der Waals surface area contributed by atoms with Gasteiger partial charge in [0.05, 0.1) is 12.0 Å². The number of halogens is 1. The van der Waals surface area contributed by atoms with Crippen LogP contribution in [0.4, 0.5) is 4.79 Å². The van der Waals surface area contributed by atoms with E-state index in [4.69, 9.17) is 16.7 Å². The lowest BCUT2D eigenvalue weighted by Crippen LogP contribution is -2.41. The van der Waals surface area contributed by atoms with Crippen LogP contribution in [0.2, 0.25) is 5.02 Å². The Kier molecular flexibility index (Phi) is 5.75. The first-order valence-corrected chi connectivity index (χ1v) is 8.57. The third-order valence-electron chi connectivity index (χ3n) is 4.21. The summed E-state index contributed by atoms with van der Waals surface area (Å²) in [7, 11) is 0. The maximum atomic E-state index is 12.5. The number of carboxylic acid groups (broad SMARTS) is 1. The number of urea groups is 1. The van der Waals surface area contributed by atoms with E-state index >= 15 is 0 Å². The average Bonchev–Trinajstić information content (AvgIpc) is 2.96. The van der Waals surface area contributed by atoms with E-state index in [9.17, 15) is 9.59 Å². The summed E-state index contributed by atoms with van der Waals surface area (Å²) in [6.45, 7) is 7.12. The number of amides is 2. The van der Waals surface area contributed by atoms with Crippen molar-refractivity contribution in [3.8, 4) is 0 Å². The average molecular weight is 353 g/mol. The quantitative estimate of drug-likeness (QED) is 0.862. The Labute approximate surface area is 148 Å². The number of nitrogens with zero attached hydrogens (tertiary/aromatic N) is 1. The zero-order chi connectivity index (χ0) is 17.9. The number of rotatable bonds is 4. The summed E-state index contributed by atoms with van der Waals surface area (Å²) < 4.78 is 0. The first kappa shape index (κ1) is 18.6. The molecule has 1 heterocycles. The van der Waals surface area contributed by atoms with Crippen molar-refractivity contribution in [3.05, 3.63) is 34.9 Å². The lowest BCUT2D eigenvalue weighted by Gasteiger charge is -2.29. The largest absolute Gasteiger partial charge is 0.481 e. The SMILES string of the molecule is CC(C)(C)CC(NC(=O)N1CCC(C(=O)O)C1)c1ccc(Cl)cc1. The van der Waals surface area contributed by atoms with E-state index in [0.717, 1.165) is 12.0 Å². The third kappa shape index (κ3) is 5.13. The van der Waals surface area contributed by atoms with Gasteiger partial charge in [0.15, 0.2) is 0 Å². The molecule has 1 fully saturated rings. The normalized spacial score (nSPS) is 19.2. The zero-order valence-electron chi connectivity index (χ0n) is 14.4. The first-order valence-electron chi connectivity index (χ1n) is 8.19. The number of benzene rings is 1. The molecule has 2 atom stereocenters. The second kappa shape index (κ2) is 7.43. The highest BCUT2D eigenvalue weighted by atomic mass is 35.5. The van der Waals surface area contributed by atoms with Crippen molar-refractivity contribution in [1.82, 2.24) is 10.2 Å². The molecule has 0 aromatic heterocycles. The minimum Gasteiger partial charge on any atom is -0.481 e. The van der Waals surface area contributed by atoms with E-state index in [2.05, 4.69) is 26.1 Å². The van der Waals surface area contributed by atoms with Gasteiger partial charge in [-0.15, -0.1) is 0 Å². The number of nitrogens with one attached hydrogen (secondary N) is 1. The van der Waals surface area contributed by atoms with Gasteiger partial charge in [-0.1, -0.05) is 44.5 Å². The highest BCUT2D eigenvalue weighted by Crippen LogP contribution is 2.30. The Hall–Kier alpha value is -1.75. The fraction of sp³-hybridized carbons (Fsp3) is 0.556.